The molecular formula is C19H32O2. The molecule has 0 aromatic rings. The summed E-state index contributed by atoms with van der Waals surface area (Å²) in [4.78, 5) is 12.8. The number of ether oxygens (including phenoxy) is 1. The SMILES string of the molecule is CCC(C)(C(=O)OC1CC2CC1C1CCCC21)C(C)(C)C. The van der Waals surface area contributed by atoms with E-state index in [1.807, 2.05) is 0 Å². The van der Waals surface area contributed by atoms with Crippen molar-refractivity contribution in [2.24, 2.45) is 34.5 Å². The minimum Gasteiger partial charge on any atom is -0.462 e. The van der Waals surface area contributed by atoms with Crippen molar-refractivity contribution in [3.05, 3.63) is 0 Å². The molecule has 2 bridgehead atoms. The van der Waals surface area contributed by atoms with Crippen LogP contribution in [-0.4, -0.2) is 12.1 Å². The molecule has 3 saturated carbocycles. The van der Waals surface area contributed by atoms with Crippen LogP contribution in [0.1, 0.15) is 73.1 Å². The van der Waals surface area contributed by atoms with Crippen LogP contribution in [0.5, 0.6) is 0 Å². The minimum atomic E-state index is -0.371. The van der Waals surface area contributed by atoms with Crippen LogP contribution in [0, 0.1) is 34.5 Å². The molecular weight excluding hydrogens is 260 g/mol. The van der Waals surface area contributed by atoms with Crippen molar-refractivity contribution >= 4 is 5.97 Å². The molecule has 3 rings (SSSR count). The minimum absolute atomic E-state index is 0.0459. The van der Waals surface area contributed by atoms with Crippen LogP contribution in [0.25, 0.3) is 0 Å². The van der Waals surface area contributed by atoms with Gasteiger partial charge in [0.25, 0.3) is 0 Å². The monoisotopic (exact) mass is 292 g/mol. The molecule has 0 aromatic carbocycles. The van der Waals surface area contributed by atoms with Gasteiger partial charge in [-0.3, -0.25) is 4.79 Å². The van der Waals surface area contributed by atoms with E-state index in [9.17, 15) is 4.79 Å². The van der Waals surface area contributed by atoms with E-state index >= 15 is 0 Å². The molecule has 3 aliphatic carbocycles. The van der Waals surface area contributed by atoms with Crippen molar-refractivity contribution in [1.82, 2.24) is 0 Å². The third-order valence-electron chi connectivity index (χ3n) is 7.44. The zero-order valence-corrected chi connectivity index (χ0v) is 14.4. The van der Waals surface area contributed by atoms with E-state index in [4.69, 9.17) is 4.74 Å². The lowest BCUT2D eigenvalue weighted by Gasteiger charge is -2.41. The van der Waals surface area contributed by atoms with Gasteiger partial charge in [-0.2, -0.15) is 0 Å². The van der Waals surface area contributed by atoms with Gasteiger partial charge in [0.05, 0.1) is 5.41 Å². The second kappa shape index (κ2) is 4.99. The molecule has 2 heteroatoms. The number of rotatable bonds is 3. The summed E-state index contributed by atoms with van der Waals surface area (Å²) < 4.78 is 6.10. The Bertz CT molecular complexity index is 422. The van der Waals surface area contributed by atoms with Crippen LogP contribution in [-0.2, 0) is 9.53 Å². The van der Waals surface area contributed by atoms with Crippen LogP contribution in [0.2, 0.25) is 0 Å². The maximum atomic E-state index is 12.8. The Morgan fingerprint density at radius 3 is 2.33 bits per heavy atom. The zero-order valence-electron chi connectivity index (χ0n) is 14.4. The van der Waals surface area contributed by atoms with E-state index in [2.05, 4.69) is 34.6 Å². The largest absolute Gasteiger partial charge is 0.462 e. The van der Waals surface area contributed by atoms with Crippen LogP contribution in [0.3, 0.4) is 0 Å². The van der Waals surface area contributed by atoms with Crippen molar-refractivity contribution in [2.45, 2.75) is 79.2 Å². The van der Waals surface area contributed by atoms with Gasteiger partial charge in [0.15, 0.2) is 0 Å². The third-order valence-corrected chi connectivity index (χ3v) is 7.44. The van der Waals surface area contributed by atoms with Gasteiger partial charge in [-0.25, -0.2) is 0 Å². The van der Waals surface area contributed by atoms with Gasteiger partial charge in [-0.1, -0.05) is 34.1 Å². The summed E-state index contributed by atoms with van der Waals surface area (Å²) in [6.07, 6.45) is 7.74. The molecule has 0 saturated heterocycles. The molecule has 0 spiro atoms. The smallest absolute Gasteiger partial charge is 0.312 e. The van der Waals surface area contributed by atoms with E-state index in [0.717, 1.165) is 30.6 Å². The lowest BCUT2D eigenvalue weighted by atomic mass is 9.66. The first-order chi connectivity index (χ1) is 9.78. The fourth-order valence-electron chi connectivity index (χ4n) is 5.39. The van der Waals surface area contributed by atoms with Crippen molar-refractivity contribution in [2.75, 3.05) is 0 Å². The van der Waals surface area contributed by atoms with Crippen LogP contribution in [0.4, 0.5) is 0 Å². The molecule has 0 aromatic heterocycles. The Hall–Kier alpha value is -0.530. The number of esters is 1. The van der Waals surface area contributed by atoms with Gasteiger partial charge in [0, 0.05) is 0 Å². The lowest BCUT2D eigenvalue weighted by Crippen LogP contribution is -2.44. The van der Waals surface area contributed by atoms with E-state index < -0.39 is 0 Å². The van der Waals surface area contributed by atoms with E-state index in [1.54, 1.807) is 0 Å². The molecule has 3 fully saturated rings. The summed E-state index contributed by atoms with van der Waals surface area (Å²) >= 11 is 0. The molecule has 0 heterocycles. The second-order valence-corrected chi connectivity index (χ2v) is 9.03. The predicted octanol–water partition coefficient (Wildman–Crippen LogP) is 4.82. The molecule has 3 aliphatic rings. The maximum Gasteiger partial charge on any atom is 0.312 e. The maximum absolute atomic E-state index is 12.8. The van der Waals surface area contributed by atoms with Gasteiger partial charge in [0.1, 0.15) is 6.10 Å². The van der Waals surface area contributed by atoms with Gasteiger partial charge in [0.2, 0.25) is 0 Å². The first-order valence-corrected chi connectivity index (χ1v) is 8.99. The number of fused-ring (bicyclic) bond motifs is 5. The third kappa shape index (κ3) is 2.24. The predicted molar refractivity (Wildman–Crippen MR) is 84.8 cm³/mol. The average molecular weight is 292 g/mol. The highest BCUT2D eigenvalue weighted by molar-refractivity contribution is 5.77. The summed E-state index contributed by atoms with van der Waals surface area (Å²) in [6.45, 7) is 10.7. The van der Waals surface area contributed by atoms with E-state index in [1.165, 1.54) is 25.7 Å². The summed E-state index contributed by atoms with van der Waals surface area (Å²) in [5.41, 5.74) is -0.420. The molecule has 120 valence electrons. The molecule has 0 amide bonds. The van der Waals surface area contributed by atoms with Crippen molar-refractivity contribution < 1.29 is 9.53 Å². The molecule has 0 N–H and O–H groups in total. The van der Waals surface area contributed by atoms with Gasteiger partial charge < -0.3 is 4.74 Å². The van der Waals surface area contributed by atoms with Crippen molar-refractivity contribution in [3.63, 3.8) is 0 Å². The summed E-state index contributed by atoms with van der Waals surface area (Å²) in [6, 6.07) is 0. The first kappa shape index (κ1) is 15.4. The quantitative estimate of drug-likeness (QED) is 0.697. The van der Waals surface area contributed by atoms with Crippen LogP contribution in [0.15, 0.2) is 0 Å². The topological polar surface area (TPSA) is 26.3 Å². The van der Waals surface area contributed by atoms with Gasteiger partial charge in [-0.15, -0.1) is 0 Å². The average Bonchev–Trinajstić information content (AvgIpc) is 3.07. The molecule has 6 atom stereocenters. The first-order valence-electron chi connectivity index (χ1n) is 8.99. The highest BCUT2D eigenvalue weighted by atomic mass is 16.5. The standard InChI is InChI=1S/C19H32O2/c1-6-19(5,18(2,3)4)17(20)21-16-11-12-10-15(16)14-9-7-8-13(12)14/h12-16H,6-11H2,1-5H3. The number of carbonyl (C=O) groups excluding carboxylic acids is 1. The number of hydrogen-bond acceptors (Lipinski definition) is 2. The molecule has 6 unspecified atom stereocenters. The lowest BCUT2D eigenvalue weighted by molar-refractivity contribution is -0.172. The Labute approximate surface area is 130 Å². The summed E-state index contributed by atoms with van der Waals surface area (Å²) in [5, 5.41) is 0. The Kier molecular flexibility index (Phi) is 3.65. The van der Waals surface area contributed by atoms with E-state index in [-0.39, 0.29) is 22.9 Å². The zero-order chi connectivity index (χ0) is 15.4. The molecule has 2 nitrogen and oxygen atoms in total. The number of hydrogen-bond donors (Lipinski definition) is 0. The fraction of sp³-hybridized carbons (Fsp3) is 0.947. The normalized spacial score (nSPS) is 40.9. The summed E-state index contributed by atoms with van der Waals surface area (Å²) in [5.74, 6) is 3.40. The van der Waals surface area contributed by atoms with Gasteiger partial charge in [-0.05, 0) is 68.1 Å². The molecule has 21 heavy (non-hydrogen) atoms. The highest BCUT2D eigenvalue weighted by Gasteiger charge is 2.56. The molecule has 0 radical (unpaired) electrons. The highest BCUT2D eigenvalue weighted by Crippen LogP contribution is 2.59. The Balaban J connectivity index is 1.69. The fourth-order valence-corrected chi connectivity index (χ4v) is 5.39. The Morgan fingerprint density at radius 2 is 1.71 bits per heavy atom. The van der Waals surface area contributed by atoms with Crippen LogP contribution < -0.4 is 0 Å². The van der Waals surface area contributed by atoms with Crippen molar-refractivity contribution in [1.29, 1.82) is 0 Å². The second-order valence-electron chi connectivity index (χ2n) is 9.03. The van der Waals surface area contributed by atoms with Crippen LogP contribution >= 0.6 is 0 Å². The number of carbonyl (C=O) groups is 1. The molecule has 0 aliphatic heterocycles. The Morgan fingerprint density at radius 1 is 1.05 bits per heavy atom. The van der Waals surface area contributed by atoms with Gasteiger partial charge >= 0.3 is 5.97 Å². The van der Waals surface area contributed by atoms with Crippen molar-refractivity contribution in [3.8, 4) is 0 Å². The summed E-state index contributed by atoms with van der Waals surface area (Å²) in [7, 11) is 0. The van der Waals surface area contributed by atoms with E-state index in [0.29, 0.717) is 5.92 Å².